The van der Waals surface area contributed by atoms with Gasteiger partial charge in [0.15, 0.2) is 5.82 Å². The lowest BCUT2D eigenvalue weighted by molar-refractivity contribution is -0.192. The number of hydrogen-bond acceptors (Lipinski definition) is 5. The predicted octanol–water partition coefficient (Wildman–Crippen LogP) is 2.02. The zero-order valence-corrected chi connectivity index (χ0v) is 17.5. The highest BCUT2D eigenvalue weighted by atomic mass is 19.4. The van der Waals surface area contributed by atoms with E-state index in [0.29, 0.717) is 11.9 Å². The van der Waals surface area contributed by atoms with Gasteiger partial charge in [-0.3, -0.25) is 9.69 Å². The number of amides is 1. The lowest BCUT2D eigenvalue weighted by atomic mass is 9.79. The summed E-state index contributed by atoms with van der Waals surface area (Å²) >= 11 is 0. The number of likely N-dealkylation sites (tertiary alicyclic amines) is 1. The number of piperidine rings is 1. The number of nitrogens with zero attached hydrogens (tertiary/aromatic N) is 4. The molecule has 8 nitrogen and oxygen atoms in total. The lowest BCUT2D eigenvalue weighted by Gasteiger charge is -2.44. The highest BCUT2D eigenvalue weighted by Crippen LogP contribution is 2.34. The van der Waals surface area contributed by atoms with Gasteiger partial charge in [-0.15, -0.1) is 0 Å². The molecule has 0 bridgehead atoms. The highest BCUT2D eigenvalue weighted by Gasteiger charge is 2.41. The van der Waals surface area contributed by atoms with Gasteiger partial charge >= 0.3 is 12.1 Å². The third-order valence-electron chi connectivity index (χ3n) is 5.40. The highest BCUT2D eigenvalue weighted by molar-refractivity contribution is 5.90. The van der Waals surface area contributed by atoms with Crippen LogP contribution in [0.15, 0.2) is 12.4 Å². The van der Waals surface area contributed by atoms with Crippen LogP contribution in [-0.2, 0) is 16.6 Å². The van der Waals surface area contributed by atoms with Crippen molar-refractivity contribution in [2.24, 2.45) is 12.5 Å². The minimum absolute atomic E-state index is 0.0388. The van der Waals surface area contributed by atoms with Crippen LogP contribution in [0.5, 0.6) is 0 Å². The number of carbonyl (C=O) groups is 2. The van der Waals surface area contributed by atoms with Crippen molar-refractivity contribution in [3.05, 3.63) is 18.2 Å². The van der Waals surface area contributed by atoms with Crippen molar-refractivity contribution in [1.82, 2.24) is 19.4 Å². The molecule has 1 unspecified atom stereocenters. The molecular formula is C19H29F3N4O4. The monoisotopic (exact) mass is 434 g/mol. The Balaban J connectivity index is 0.000000396. The van der Waals surface area contributed by atoms with E-state index in [2.05, 4.69) is 23.7 Å². The summed E-state index contributed by atoms with van der Waals surface area (Å²) in [4.78, 5) is 30.4. The van der Waals surface area contributed by atoms with Gasteiger partial charge in [0.05, 0.1) is 13.2 Å². The quantitative estimate of drug-likeness (QED) is 0.766. The molecule has 1 aromatic heterocycles. The molecule has 1 aromatic rings. The molecule has 170 valence electrons. The number of carbonyl (C=O) groups excluding carboxylic acids is 1. The maximum atomic E-state index is 12.8. The van der Waals surface area contributed by atoms with Gasteiger partial charge in [0.25, 0.3) is 5.91 Å². The van der Waals surface area contributed by atoms with Crippen molar-refractivity contribution >= 4 is 11.9 Å². The normalized spacial score (nSPS) is 23.1. The fourth-order valence-electron chi connectivity index (χ4n) is 3.81. The lowest BCUT2D eigenvalue weighted by Crippen LogP contribution is -2.53. The van der Waals surface area contributed by atoms with Crippen molar-refractivity contribution in [1.29, 1.82) is 0 Å². The van der Waals surface area contributed by atoms with Crippen molar-refractivity contribution in [3.8, 4) is 0 Å². The van der Waals surface area contributed by atoms with Crippen LogP contribution in [0.1, 0.15) is 37.3 Å². The van der Waals surface area contributed by atoms with Gasteiger partial charge in [0.1, 0.15) is 0 Å². The molecule has 2 aliphatic rings. The van der Waals surface area contributed by atoms with E-state index < -0.39 is 12.1 Å². The minimum atomic E-state index is -5.08. The third kappa shape index (κ3) is 6.18. The maximum absolute atomic E-state index is 12.8. The van der Waals surface area contributed by atoms with E-state index in [9.17, 15) is 18.0 Å². The molecule has 1 atom stereocenters. The largest absolute Gasteiger partial charge is 0.490 e. The Morgan fingerprint density at radius 3 is 2.47 bits per heavy atom. The van der Waals surface area contributed by atoms with Crippen LogP contribution in [-0.4, -0.2) is 87.9 Å². The van der Waals surface area contributed by atoms with Crippen LogP contribution >= 0.6 is 0 Å². The first-order chi connectivity index (χ1) is 13.9. The molecule has 1 amide bonds. The maximum Gasteiger partial charge on any atom is 0.490 e. The van der Waals surface area contributed by atoms with Gasteiger partial charge in [-0.05, 0) is 26.7 Å². The van der Waals surface area contributed by atoms with Crippen molar-refractivity contribution < 1.29 is 32.6 Å². The number of rotatable bonds is 2. The van der Waals surface area contributed by atoms with Gasteiger partial charge in [0, 0.05) is 57.1 Å². The minimum Gasteiger partial charge on any atom is -0.475 e. The SMILES string of the molecule is CC(C)N1CCOCC2(CCCN(C(=O)c3nccn3C)C2)C1.O=C(O)C(F)(F)F. The number of aliphatic carboxylic acids is 1. The number of aryl methyl sites for hydroxylation is 1. The van der Waals surface area contributed by atoms with Crippen LogP contribution in [0.4, 0.5) is 13.2 Å². The molecule has 1 spiro atoms. The number of aromatic nitrogens is 2. The Kier molecular flexibility index (Phi) is 7.87. The Labute approximate surface area is 173 Å². The molecule has 0 aliphatic carbocycles. The average Bonchev–Trinajstić information content (AvgIpc) is 2.98. The molecule has 2 aliphatic heterocycles. The first kappa shape index (κ1) is 24.1. The first-order valence-electron chi connectivity index (χ1n) is 9.84. The third-order valence-corrected chi connectivity index (χ3v) is 5.40. The molecule has 11 heteroatoms. The number of carboxylic acids is 1. The molecular weight excluding hydrogens is 405 g/mol. The molecule has 30 heavy (non-hydrogen) atoms. The van der Waals surface area contributed by atoms with E-state index in [-0.39, 0.29) is 11.3 Å². The van der Waals surface area contributed by atoms with Gasteiger partial charge in [0.2, 0.25) is 0 Å². The summed E-state index contributed by atoms with van der Waals surface area (Å²) in [6.45, 7) is 9.57. The zero-order chi connectivity index (χ0) is 22.5. The van der Waals surface area contributed by atoms with Gasteiger partial charge in [-0.25, -0.2) is 9.78 Å². The summed E-state index contributed by atoms with van der Waals surface area (Å²) in [6.07, 6.45) is 0.580. The molecule has 3 heterocycles. The van der Waals surface area contributed by atoms with Crippen molar-refractivity contribution in [2.45, 2.75) is 38.9 Å². The van der Waals surface area contributed by atoms with E-state index in [1.54, 1.807) is 10.8 Å². The number of hydrogen-bond donors (Lipinski definition) is 1. The second-order valence-electron chi connectivity index (χ2n) is 8.11. The summed E-state index contributed by atoms with van der Waals surface area (Å²) in [5.74, 6) is -2.19. The van der Waals surface area contributed by atoms with E-state index in [1.165, 1.54) is 0 Å². The number of imidazole rings is 1. The molecule has 0 radical (unpaired) electrons. The summed E-state index contributed by atoms with van der Waals surface area (Å²) in [5, 5.41) is 7.12. The Bertz CT molecular complexity index is 738. The van der Waals surface area contributed by atoms with E-state index >= 15 is 0 Å². The van der Waals surface area contributed by atoms with Crippen LogP contribution < -0.4 is 0 Å². The number of ether oxygens (including phenoxy) is 1. The van der Waals surface area contributed by atoms with Crippen LogP contribution in [0.2, 0.25) is 0 Å². The number of alkyl halides is 3. The Morgan fingerprint density at radius 1 is 1.27 bits per heavy atom. The van der Waals surface area contributed by atoms with Crippen LogP contribution in [0.25, 0.3) is 0 Å². The summed E-state index contributed by atoms with van der Waals surface area (Å²) in [6, 6.07) is 0.509. The van der Waals surface area contributed by atoms with Gasteiger partial charge in [-0.1, -0.05) is 0 Å². The molecule has 0 aromatic carbocycles. The second kappa shape index (κ2) is 9.78. The van der Waals surface area contributed by atoms with Crippen molar-refractivity contribution in [3.63, 3.8) is 0 Å². The Morgan fingerprint density at radius 2 is 1.93 bits per heavy atom. The predicted molar refractivity (Wildman–Crippen MR) is 102 cm³/mol. The first-order valence-corrected chi connectivity index (χ1v) is 9.84. The zero-order valence-electron chi connectivity index (χ0n) is 17.5. The second-order valence-corrected chi connectivity index (χ2v) is 8.11. The molecule has 3 rings (SSSR count). The molecule has 1 N–H and O–H groups in total. The molecule has 2 saturated heterocycles. The van der Waals surface area contributed by atoms with E-state index in [1.807, 2.05) is 18.1 Å². The average molecular weight is 434 g/mol. The molecule has 2 fully saturated rings. The Hall–Kier alpha value is -2.14. The summed E-state index contributed by atoms with van der Waals surface area (Å²) in [5.41, 5.74) is 0.0554. The summed E-state index contributed by atoms with van der Waals surface area (Å²) < 4.78 is 39.4. The van der Waals surface area contributed by atoms with Crippen LogP contribution in [0, 0.1) is 5.41 Å². The van der Waals surface area contributed by atoms with E-state index in [0.717, 1.165) is 52.2 Å². The summed E-state index contributed by atoms with van der Waals surface area (Å²) in [7, 11) is 1.87. The standard InChI is InChI=1S/C17H28N4O2.C2HF3O2/c1-14(2)20-9-10-23-13-17(11-20)5-4-7-21(12-17)16(22)15-18-6-8-19(15)3;3-2(4,5)1(6)7/h6,8,14H,4-5,7,9-13H2,1-3H3;(H,6,7). The van der Waals surface area contributed by atoms with Crippen molar-refractivity contribution in [2.75, 3.05) is 39.4 Å². The smallest absolute Gasteiger partial charge is 0.475 e. The van der Waals surface area contributed by atoms with Crippen LogP contribution in [0.3, 0.4) is 0 Å². The molecule has 0 saturated carbocycles. The number of halogens is 3. The van der Waals surface area contributed by atoms with Gasteiger partial charge < -0.3 is 19.3 Å². The van der Waals surface area contributed by atoms with Gasteiger partial charge in [-0.2, -0.15) is 13.2 Å². The fourth-order valence-corrected chi connectivity index (χ4v) is 3.81. The number of carboxylic acid groups (broad SMARTS) is 1. The fraction of sp³-hybridized carbons (Fsp3) is 0.737. The topological polar surface area (TPSA) is 87.9 Å². The van der Waals surface area contributed by atoms with E-state index in [4.69, 9.17) is 14.6 Å².